The van der Waals surface area contributed by atoms with Gasteiger partial charge in [-0.15, -0.1) is 45.3 Å². The summed E-state index contributed by atoms with van der Waals surface area (Å²) in [7, 11) is 0. The molecular formula is C85H84F2N28O10S4. The molecule has 0 atom stereocenters. The van der Waals surface area contributed by atoms with E-state index in [0.717, 1.165) is 83.6 Å². The van der Waals surface area contributed by atoms with E-state index in [1.807, 2.05) is 85.9 Å². The lowest BCUT2D eigenvalue weighted by atomic mass is 9.89. The zero-order valence-electron chi connectivity index (χ0n) is 69.5. The number of hydrogen-bond donors (Lipinski definition) is 9. The number of halogens is 2. The molecule has 0 bridgehead atoms. The van der Waals surface area contributed by atoms with E-state index in [-0.39, 0.29) is 90.1 Å². The molecule has 129 heavy (non-hydrogen) atoms. The molecule has 16 aromatic heterocycles. The monoisotopic (exact) mass is 1820 g/mol. The molecule has 16 heterocycles. The van der Waals surface area contributed by atoms with Crippen molar-refractivity contribution in [3.63, 3.8) is 0 Å². The zero-order valence-corrected chi connectivity index (χ0v) is 72.7. The third-order valence-electron chi connectivity index (χ3n) is 21.0. The molecule has 0 saturated heterocycles. The van der Waals surface area contributed by atoms with Gasteiger partial charge in [0.1, 0.15) is 71.4 Å². The Labute approximate surface area is 749 Å². The van der Waals surface area contributed by atoms with Crippen LogP contribution in [0.1, 0.15) is 145 Å². The van der Waals surface area contributed by atoms with E-state index in [1.165, 1.54) is 69.7 Å². The van der Waals surface area contributed by atoms with Crippen LogP contribution in [0.3, 0.4) is 0 Å². The normalized spacial score (nSPS) is 17.6. The number of aromatic amines is 4. The molecule has 0 radical (unpaired) electrons. The molecule has 0 unspecified atom stereocenters. The van der Waals surface area contributed by atoms with Crippen LogP contribution in [0.25, 0.3) is 87.8 Å². The summed E-state index contributed by atoms with van der Waals surface area (Å²) in [6, 6.07) is 19.1. The Hall–Kier alpha value is -14.2. The SMILES string of the molecule is CCOC1CC(n2cc(NC(=O)c3csc(-c4cn[nH]c4)n3)c(-c3cc(F)ccn3)n2)C1.CCOC1CC(n2cc(NC(=O)c3csc(-c4cn[nH]c4)n3)c(-c3cccc(F)n3)n2)C1.CCOC1CC(n2cc(NC(=O)c3csc(-c4cn[nH]c4)n3)c(-c3ccccn3)n2)C1.CCOC1CC(n2cc(NC(=O)c3csc(-c4cn[nH]c4)n3)c(-c3ccccn3)n2)C1.O=CO. The molecule has 38 nitrogen and oxygen atoms in total. The van der Waals surface area contributed by atoms with Crippen LogP contribution in [0.2, 0.25) is 0 Å². The lowest BCUT2D eigenvalue weighted by Crippen LogP contribution is -2.33. The standard InChI is InChI=1S/2C21H20FN7O2S.2C21H21N7O2S.CH2O2/c1-2-31-15-6-14(7-15)29-10-17(19(28-29)16-5-13(22)3-4-23-16)26-20(30)18-11-32-21(27-18)12-8-24-25-9-12;1-2-31-14-6-13(7-14)29-10-16(19(28-29)15-4-3-5-18(22)25-15)26-20(30)17-11-32-21(27-17)12-8-23-24-9-12;2*1-2-30-15-7-14(8-15)28-11-17(19(27-28)16-5-3-4-6-22-16)25-20(29)18-12-31-21(26-18)13-9-23-24-10-13;2-1-3/h3-5,8-11,14-15H,2,6-7H2,1H3,(H,24,25)(H,26,30);3-5,8-11,13-14H,2,6-7H2,1H3,(H,23,24)(H,26,30);2*3-6,9-12,14-15H,2,7-8H2,1H3,(H,23,24)(H,25,29);1H,(H,2,3). The van der Waals surface area contributed by atoms with E-state index in [1.54, 1.807) is 117 Å². The van der Waals surface area contributed by atoms with Gasteiger partial charge < -0.3 is 45.3 Å². The van der Waals surface area contributed by atoms with Crippen molar-refractivity contribution >= 4 is 98.2 Å². The molecule has 4 amide bonds. The molecule has 662 valence electrons. The lowest BCUT2D eigenvalue weighted by Gasteiger charge is -2.34. The fraction of sp³-hybridized carbons (Fsp3) is 0.282. The molecular weight excluding hydrogens is 1740 g/mol. The molecule has 44 heteroatoms. The van der Waals surface area contributed by atoms with Gasteiger partial charge in [-0.3, -0.25) is 78.0 Å². The van der Waals surface area contributed by atoms with Crippen LogP contribution in [0, 0.1) is 11.8 Å². The third-order valence-corrected chi connectivity index (χ3v) is 24.5. The van der Waals surface area contributed by atoms with Crippen molar-refractivity contribution in [3.05, 3.63) is 216 Å². The van der Waals surface area contributed by atoms with Crippen LogP contribution < -0.4 is 21.3 Å². The first kappa shape index (κ1) is 88.3. The fourth-order valence-electron chi connectivity index (χ4n) is 14.3. The van der Waals surface area contributed by atoms with E-state index >= 15 is 0 Å². The quantitative estimate of drug-likeness (QED) is 0.0162. The highest BCUT2D eigenvalue weighted by Gasteiger charge is 2.38. The maximum atomic E-state index is 13.8. The van der Waals surface area contributed by atoms with E-state index in [9.17, 15) is 28.0 Å². The number of anilines is 4. The number of H-pyrrole nitrogens is 4. The summed E-state index contributed by atoms with van der Waals surface area (Å²) in [5.41, 5.74) is 10.9. The Bertz CT molecular complexity index is 5990. The molecule has 4 saturated carbocycles. The van der Waals surface area contributed by atoms with Crippen molar-refractivity contribution in [2.45, 2.75) is 128 Å². The van der Waals surface area contributed by atoms with E-state index < -0.39 is 11.8 Å². The summed E-state index contributed by atoms with van der Waals surface area (Å²) < 4.78 is 57.6. The van der Waals surface area contributed by atoms with Crippen LogP contribution in [0.4, 0.5) is 31.5 Å². The van der Waals surface area contributed by atoms with Gasteiger partial charge in [0.2, 0.25) is 5.95 Å². The van der Waals surface area contributed by atoms with Crippen LogP contribution >= 0.6 is 45.3 Å². The number of thiazole rings is 4. The average molecular weight is 1820 g/mol. The Morgan fingerprint density at radius 1 is 0.411 bits per heavy atom. The highest BCUT2D eigenvalue weighted by Crippen LogP contribution is 2.43. The van der Waals surface area contributed by atoms with Crippen molar-refractivity contribution in [3.8, 4) is 87.8 Å². The molecule has 9 N–H and O–H groups in total. The van der Waals surface area contributed by atoms with Crippen molar-refractivity contribution in [1.29, 1.82) is 0 Å². The second-order valence-electron chi connectivity index (χ2n) is 29.5. The second-order valence-corrected chi connectivity index (χ2v) is 32.9. The fourth-order valence-corrected chi connectivity index (χ4v) is 17.4. The Morgan fingerprint density at radius 2 is 0.705 bits per heavy atom. The first-order chi connectivity index (χ1) is 63.0. The number of carbonyl (C=O) groups excluding carboxylic acids is 4. The number of hydrogen-bond acceptors (Lipinski definition) is 29. The topological polar surface area (TPSA) is 480 Å². The molecule has 0 spiro atoms. The van der Waals surface area contributed by atoms with Gasteiger partial charge in [0.25, 0.3) is 30.1 Å². The van der Waals surface area contributed by atoms with E-state index in [0.29, 0.717) is 116 Å². The molecule has 16 aromatic rings. The zero-order chi connectivity index (χ0) is 89.3. The molecule has 0 aliphatic heterocycles. The summed E-state index contributed by atoms with van der Waals surface area (Å²) in [4.78, 5) is 94.7. The van der Waals surface area contributed by atoms with Gasteiger partial charge in [-0.2, -0.15) is 45.2 Å². The van der Waals surface area contributed by atoms with Crippen LogP contribution in [0.5, 0.6) is 0 Å². The molecule has 4 fully saturated rings. The second kappa shape index (κ2) is 41.5. The maximum absolute atomic E-state index is 13.8. The van der Waals surface area contributed by atoms with E-state index in [2.05, 4.69) is 112 Å². The first-order valence-corrected chi connectivity index (χ1v) is 44.6. The predicted octanol–water partition coefficient (Wildman–Crippen LogP) is 15.1. The third kappa shape index (κ3) is 21.4. The minimum absolute atomic E-state index is 0.150. The summed E-state index contributed by atoms with van der Waals surface area (Å²) in [5.74, 6) is -2.38. The molecule has 0 aromatic carbocycles. The minimum atomic E-state index is -0.612. The Balaban J connectivity index is 0.000000125. The highest BCUT2D eigenvalue weighted by atomic mass is 32.1. The number of nitrogens with zero attached hydrogens (tertiary/aromatic N) is 20. The van der Waals surface area contributed by atoms with Gasteiger partial charge in [0, 0.05) is 144 Å². The molecule has 4 aliphatic rings. The summed E-state index contributed by atoms with van der Waals surface area (Å²) in [6.45, 7) is 10.5. The molecule has 20 rings (SSSR count). The number of carbonyl (C=O) groups is 5. The largest absolute Gasteiger partial charge is 0.483 e. The smallest absolute Gasteiger partial charge is 0.290 e. The van der Waals surface area contributed by atoms with Gasteiger partial charge in [-0.25, -0.2) is 29.3 Å². The average Bonchev–Trinajstić information content (AvgIpc) is 1.66. The number of rotatable bonds is 28. The van der Waals surface area contributed by atoms with Gasteiger partial charge in [-0.1, -0.05) is 18.2 Å². The number of nitrogens with one attached hydrogen (secondary N) is 8. The maximum Gasteiger partial charge on any atom is 0.290 e. The molecule has 4 aliphatic carbocycles. The Morgan fingerprint density at radius 3 is 0.977 bits per heavy atom. The van der Waals surface area contributed by atoms with Gasteiger partial charge in [-0.05, 0) is 122 Å². The number of ether oxygens (including phenoxy) is 4. The summed E-state index contributed by atoms with van der Waals surface area (Å²) >= 11 is 5.49. The van der Waals surface area contributed by atoms with Crippen LogP contribution in [-0.4, -0.2) is 206 Å². The van der Waals surface area contributed by atoms with Crippen molar-refractivity contribution in [2.75, 3.05) is 47.7 Å². The Kier molecular flexibility index (Phi) is 28.4. The predicted molar refractivity (Wildman–Crippen MR) is 476 cm³/mol. The minimum Gasteiger partial charge on any atom is -0.483 e. The highest BCUT2D eigenvalue weighted by molar-refractivity contribution is 7.14. The number of pyridine rings is 4. The van der Waals surface area contributed by atoms with Gasteiger partial charge in [0.15, 0.2) is 0 Å². The van der Waals surface area contributed by atoms with E-state index in [4.69, 9.17) is 39.0 Å². The summed E-state index contributed by atoms with van der Waals surface area (Å²) in [6.07, 6.45) is 33.6. The number of amides is 4. The van der Waals surface area contributed by atoms with Crippen LogP contribution in [-0.2, 0) is 23.7 Å². The van der Waals surface area contributed by atoms with Crippen LogP contribution in [0.15, 0.2) is 181 Å². The van der Waals surface area contributed by atoms with Gasteiger partial charge in [0.05, 0.1) is 119 Å². The lowest BCUT2D eigenvalue weighted by molar-refractivity contribution is -0.122. The number of carboxylic acid groups (broad SMARTS) is 1. The summed E-state index contributed by atoms with van der Waals surface area (Å²) in [5, 5.41) is 73.6. The first-order valence-electron chi connectivity index (χ1n) is 41.1. The van der Waals surface area contributed by atoms with Crippen molar-refractivity contribution < 1.29 is 56.8 Å². The van der Waals surface area contributed by atoms with Crippen molar-refractivity contribution in [1.82, 2.24) is 120 Å². The van der Waals surface area contributed by atoms with Crippen molar-refractivity contribution in [2.24, 2.45) is 0 Å². The van der Waals surface area contributed by atoms with Gasteiger partial charge >= 0.3 is 0 Å². The number of aromatic nitrogens is 24.